The molecule has 0 aliphatic carbocycles. The Morgan fingerprint density at radius 1 is 1.31 bits per heavy atom. The van der Waals surface area contributed by atoms with Crippen LogP contribution in [-0.2, 0) is 16.1 Å². The van der Waals surface area contributed by atoms with E-state index < -0.39 is 17.5 Å². The maximum Gasteiger partial charge on any atom is 0.300 e. The van der Waals surface area contributed by atoms with Crippen molar-refractivity contribution < 1.29 is 34.0 Å². The number of aliphatic hydroxyl groups is 1. The van der Waals surface area contributed by atoms with E-state index in [0.717, 1.165) is 20.4 Å². The van der Waals surface area contributed by atoms with Crippen molar-refractivity contribution in [3.63, 3.8) is 0 Å². The van der Waals surface area contributed by atoms with E-state index >= 15 is 0 Å². The number of carboxylic acid groups (broad SMARTS) is 2. The van der Waals surface area contributed by atoms with Crippen LogP contribution < -0.4 is 10.1 Å². The molecule has 1 aliphatic heterocycles. The van der Waals surface area contributed by atoms with Gasteiger partial charge in [0.05, 0.1) is 24.8 Å². The van der Waals surface area contributed by atoms with Crippen LogP contribution in [0.5, 0.6) is 5.75 Å². The Bertz CT molecular complexity index is 798. The topological polar surface area (TPSA) is 134 Å². The van der Waals surface area contributed by atoms with Gasteiger partial charge >= 0.3 is 0 Å². The molecule has 0 amide bonds. The average molecular weight is 411 g/mol. The molecule has 1 aromatic heterocycles. The number of aromatic nitrogens is 2. The molecule has 0 bridgehead atoms. The predicted molar refractivity (Wildman–Crippen MR) is 103 cm³/mol. The Kier molecular flexibility index (Phi) is 9.23. The molecule has 1 aromatic carbocycles. The second-order valence-electron chi connectivity index (χ2n) is 6.41. The Hall–Kier alpha value is -2.98. The van der Waals surface area contributed by atoms with Crippen LogP contribution in [-0.4, -0.2) is 62.6 Å². The fourth-order valence-electron chi connectivity index (χ4n) is 2.71. The van der Waals surface area contributed by atoms with Gasteiger partial charge in [-0.25, -0.2) is 9.37 Å². The van der Waals surface area contributed by atoms with Crippen LogP contribution in [0.2, 0.25) is 0 Å². The molecule has 1 unspecified atom stereocenters. The lowest BCUT2D eigenvalue weighted by Gasteiger charge is -2.23. The number of halogens is 1. The summed E-state index contributed by atoms with van der Waals surface area (Å²) in [4.78, 5) is 22.3. The second-order valence-corrected chi connectivity index (χ2v) is 6.41. The highest BCUT2D eigenvalue weighted by atomic mass is 19.1. The van der Waals surface area contributed by atoms with E-state index in [0.29, 0.717) is 36.6 Å². The van der Waals surface area contributed by atoms with E-state index in [1.807, 2.05) is 10.8 Å². The van der Waals surface area contributed by atoms with Crippen molar-refractivity contribution >= 4 is 11.9 Å². The summed E-state index contributed by atoms with van der Waals surface area (Å²) in [5, 5.41) is 28.5. The second kappa shape index (κ2) is 11.1. The van der Waals surface area contributed by atoms with Gasteiger partial charge in [0.25, 0.3) is 11.9 Å². The summed E-state index contributed by atoms with van der Waals surface area (Å²) in [6.45, 7) is 3.97. The number of ether oxygens (including phenoxy) is 1. The summed E-state index contributed by atoms with van der Waals surface area (Å²) in [6.07, 6.45) is 4.18. The van der Waals surface area contributed by atoms with E-state index in [1.165, 1.54) is 19.2 Å². The Balaban J connectivity index is 0.000000452. The number of β-amino-alcohol motifs (C(OH)–C–C–N with tert-alkyl or cyclic N) is 1. The fourth-order valence-corrected chi connectivity index (χ4v) is 2.71. The molecule has 4 N–H and O–H groups in total. The summed E-state index contributed by atoms with van der Waals surface area (Å²) >= 11 is 0. The Morgan fingerprint density at radius 3 is 2.45 bits per heavy atom. The van der Waals surface area contributed by atoms with Gasteiger partial charge in [-0.2, -0.15) is 0 Å². The number of nitrogens with zero attached hydrogens (tertiary/aromatic N) is 2. The summed E-state index contributed by atoms with van der Waals surface area (Å²) < 4.78 is 20.4. The number of rotatable bonds is 4. The highest BCUT2D eigenvalue weighted by Crippen LogP contribution is 2.30. The number of methoxy groups -OCH3 is 1. The maximum absolute atomic E-state index is 13.3. The summed E-state index contributed by atoms with van der Waals surface area (Å²) in [5.41, 5.74) is -0.0682. The van der Waals surface area contributed by atoms with Crippen molar-refractivity contribution in [3.8, 4) is 17.1 Å². The minimum absolute atomic E-state index is 0.354. The van der Waals surface area contributed by atoms with Crippen LogP contribution in [0.15, 0.2) is 30.6 Å². The Labute approximate surface area is 167 Å². The number of imidazole rings is 1. The first kappa shape index (κ1) is 24.1. The van der Waals surface area contributed by atoms with E-state index in [2.05, 4.69) is 10.3 Å². The fraction of sp³-hybridized carbons (Fsp3) is 0.421. The third-order valence-corrected chi connectivity index (χ3v) is 3.81. The number of carbonyl (C=O) groups is 2. The van der Waals surface area contributed by atoms with Gasteiger partial charge in [-0.05, 0) is 25.1 Å². The number of benzene rings is 1. The molecule has 1 aliphatic rings. The van der Waals surface area contributed by atoms with Crippen molar-refractivity contribution in [1.82, 2.24) is 14.9 Å². The van der Waals surface area contributed by atoms with Gasteiger partial charge in [-0.15, -0.1) is 0 Å². The largest absolute Gasteiger partial charge is 0.496 e. The predicted octanol–water partition coefficient (Wildman–Crippen LogP) is 1.60. The van der Waals surface area contributed by atoms with Gasteiger partial charge < -0.3 is 29.9 Å². The van der Waals surface area contributed by atoms with Crippen LogP contribution in [0, 0.1) is 5.82 Å². The number of hydrogen-bond donors (Lipinski definition) is 4. The average Bonchev–Trinajstić information content (AvgIpc) is 3.23. The summed E-state index contributed by atoms with van der Waals surface area (Å²) in [5.74, 6) is -0.932. The SMILES string of the molecule is CC(=O)O.CC(=O)O.COc1cc(F)ccc1-c1nccn1CC1(O)CCNC1. The molecular weight excluding hydrogens is 385 g/mol. The lowest BCUT2D eigenvalue weighted by atomic mass is 10.0. The molecule has 3 rings (SSSR count). The quantitative estimate of drug-likeness (QED) is 0.596. The van der Waals surface area contributed by atoms with Gasteiger partial charge in [0.2, 0.25) is 0 Å². The smallest absolute Gasteiger partial charge is 0.300 e. The van der Waals surface area contributed by atoms with Gasteiger partial charge in [0.15, 0.2) is 0 Å². The van der Waals surface area contributed by atoms with Crippen LogP contribution in [0.25, 0.3) is 11.4 Å². The summed E-state index contributed by atoms with van der Waals surface area (Å²) in [7, 11) is 1.50. The highest BCUT2D eigenvalue weighted by molar-refractivity contribution is 5.64. The molecule has 0 spiro atoms. The lowest BCUT2D eigenvalue weighted by molar-refractivity contribution is -0.135. The number of carboxylic acids is 2. The number of aliphatic carboxylic acids is 2. The van der Waals surface area contributed by atoms with Gasteiger partial charge in [0, 0.05) is 38.9 Å². The lowest BCUT2D eigenvalue weighted by Crippen LogP contribution is -2.36. The van der Waals surface area contributed by atoms with Crippen LogP contribution in [0.1, 0.15) is 20.3 Å². The molecule has 0 saturated carbocycles. The zero-order chi connectivity index (χ0) is 22.0. The monoisotopic (exact) mass is 411 g/mol. The van der Waals surface area contributed by atoms with E-state index in [9.17, 15) is 9.50 Å². The molecule has 160 valence electrons. The molecule has 1 saturated heterocycles. The molecule has 1 fully saturated rings. The van der Waals surface area contributed by atoms with Crippen molar-refractivity contribution in [2.24, 2.45) is 0 Å². The standard InChI is InChI=1S/C15H18FN3O2.2C2H4O2/c1-21-13-8-11(16)2-3-12(13)14-18-6-7-19(14)10-15(20)4-5-17-9-15;2*1-2(3)4/h2-3,6-8,17,20H,4-5,9-10H2,1H3;2*1H3,(H,3,4). The van der Waals surface area contributed by atoms with Crippen LogP contribution >= 0.6 is 0 Å². The van der Waals surface area contributed by atoms with Crippen molar-refractivity contribution in [3.05, 3.63) is 36.4 Å². The minimum atomic E-state index is -0.833. The van der Waals surface area contributed by atoms with Crippen molar-refractivity contribution in [1.29, 1.82) is 0 Å². The third kappa shape index (κ3) is 8.28. The van der Waals surface area contributed by atoms with Gasteiger partial charge in [-0.3, -0.25) is 9.59 Å². The van der Waals surface area contributed by atoms with E-state index in [-0.39, 0.29) is 5.82 Å². The van der Waals surface area contributed by atoms with Crippen molar-refractivity contribution in [2.45, 2.75) is 32.4 Å². The molecule has 9 nitrogen and oxygen atoms in total. The first-order valence-electron chi connectivity index (χ1n) is 8.75. The third-order valence-electron chi connectivity index (χ3n) is 3.81. The zero-order valence-corrected chi connectivity index (χ0v) is 16.6. The summed E-state index contributed by atoms with van der Waals surface area (Å²) in [6, 6.07) is 4.35. The molecule has 10 heteroatoms. The molecule has 1 atom stereocenters. The molecular formula is C19H26FN3O6. The molecule has 29 heavy (non-hydrogen) atoms. The number of hydrogen-bond acceptors (Lipinski definition) is 6. The van der Waals surface area contributed by atoms with Crippen LogP contribution in [0.3, 0.4) is 0 Å². The van der Waals surface area contributed by atoms with Gasteiger partial charge in [-0.1, -0.05) is 0 Å². The first-order valence-corrected chi connectivity index (χ1v) is 8.75. The minimum Gasteiger partial charge on any atom is -0.496 e. The van der Waals surface area contributed by atoms with Crippen LogP contribution in [0.4, 0.5) is 4.39 Å². The first-order chi connectivity index (χ1) is 13.6. The normalized spacial score (nSPS) is 17.4. The zero-order valence-electron chi connectivity index (χ0n) is 16.6. The van der Waals surface area contributed by atoms with Crippen molar-refractivity contribution in [2.75, 3.05) is 20.2 Å². The molecule has 0 radical (unpaired) electrons. The molecule has 2 heterocycles. The maximum atomic E-state index is 13.3. The van der Waals surface area contributed by atoms with Gasteiger partial charge in [0.1, 0.15) is 17.4 Å². The van der Waals surface area contributed by atoms with E-state index in [1.54, 1.807) is 12.3 Å². The molecule has 2 aromatic rings. The Morgan fingerprint density at radius 2 is 1.93 bits per heavy atom. The highest BCUT2D eigenvalue weighted by Gasteiger charge is 2.32. The van der Waals surface area contributed by atoms with E-state index in [4.69, 9.17) is 24.5 Å². The number of nitrogens with one attached hydrogen (secondary N) is 1.